The Morgan fingerprint density at radius 1 is 1.50 bits per heavy atom. The molecule has 0 fully saturated rings. The third-order valence-corrected chi connectivity index (χ3v) is 3.34. The number of hydrogen-bond donors (Lipinski definition) is 2. The Labute approximate surface area is 124 Å². The summed E-state index contributed by atoms with van der Waals surface area (Å²) in [6.07, 6.45) is 2.61. The highest BCUT2D eigenvalue weighted by molar-refractivity contribution is 9.10. The van der Waals surface area contributed by atoms with Gasteiger partial charge in [0.15, 0.2) is 0 Å². The molecule has 6 nitrogen and oxygen atoms in total. The summed E-state index contributed by atoms with van der Waals surface area (Å²) in [4.78, 5) is 18.8. The first-order valence-corrected chi connectivity index (χ1v) is 6.50. The fourth-order valence-electron chi connectivity index (χ4n) is 1.62. The first kappa shape index (κ1) is 14.3. The first-order valence-electron chi connectivity index (χ1n) is 5.71. The Balaban J connectivity index is 2.19. The summed E-state index contributed by atoms with van der Waals surface area (Å²) in [5, 5.41) is 12.2. The average molecular weight is 338 g/mol. The molecular formula is C13H12BrN3O3. The average Bonchev–Trinajstić information content (AvgIpc) is 2.46. The summed E-state index contributed by atoms with van der Waals surface area (Å²) in [5.74, 6) is -0.344. The number of anilines is 1. The number of nitrogens with zero attached hydrogens (tertiary/aromatic N) is 2. The second-order valence-electron chi connectivity index (χ2n) is 3.89. The van der Waals surface area contributed by atoms with E-state index in [2.05, 4.69) is 31.2 Å². The summed E-state index contributed by atoms with van der Waals surface area (Å²) in [6.45, 7) is 0.274. The van der Waals surface area contributed by atoms with Crippen molar-refractivity contribution in [2.24, 2.45) is 0 Å². The van der Waals surface area contributed by atoms with E-state index >= 15 is 0 Å². The smallest absolute Gasteiger partial charge is 0.339 e. The van der Waals surface area contributed by atoms with E-state index in [4.69, 9.17) is 9.84 Å². The lowest BCUT2D eigenvalue weighted by atomic mass is 10.2. The maximum absolute atomic E-state index is 11.1. The van der Waals surface area contributed by atoms with Gasteiger partial charge in [-0.2, -0.15) is 0 Å². The molecule has 0 saturated carbocycles. The van der Waals surface area contributed by atoms with Crippen LogP contribution in [0.3, 0.4) is 0 Å². The molecule has 1 heterocycles. The van der Waals surface area contributed by atoms with Gasteiger partial charge in [0.05, 0.1) is 25.0 Å². The third-order valence-electron chi connectivity index (χ3n) is 2.64. The van der Waals surface area contributed by atoms with Gasteiger partial charge in [-0.05, 0) is 28.1 Å². The second kappa shape index (κ2) is 6.33. The molecule has 0 radical (unpaired) electrons. The number of hydrogen-bond acceptors (Lipinski definition) is 5. The molecule has 1 aromatic carbocycles. The van der Waals surface area contributed by atoms with Gasteiger partial charge in [0, 0.05) is 16.7 Å². The zero-order chi connectivity index (χ0) is 14.5. The molecule has 0 atom stereocenters. The number of rotatable bonds is 5. The standard InChI is InChI=1S/C13H12BrN3O3/c1-20-8-2-3-10(14)11(4-8)16-6-12-9(13(18)19)5-15-7-17-12/h2-5,7,16H,6H2,1H3,(H,18,19). The molecule has 104 valence electrons. The van der Waals surface area contributed by atoms with E-state index in [1.165, 1.54) is 12.5 Å². The molecule has 2 N–H and O–H groups in total. The zero-order valence-electron chi connectivity index (χ0n) is 10.6. The SMILES string of the molecule is COc1ccc(Br)c(NCc2ncncc2C(=O)O)c1. The number of aromatic carboxylic acids is 1. The van der Waals surface area contributed by atoms with Gasteiger partial charge >= 0.3 is 5.97 Å². The number of aromatic nitrogens is 2. The molecule has 0 saturated heterocycles. The van der Waals surface area contributed by atoms with Crippen LogP contribution < -0.4 is 10.1 Å². The summed E-state index contributed by atoms with van der Waals surface area (Å²) in [7, 11) is 1.58. The van der Waals surface area contributed by atoms with Gasteiger partial charge < -0.3 is 15.2 Å². The monoisotopic (exact) mass is 337 g/mol. The fraction of sp³-hybridized carbons (Fsp3) is 0.154. The van der Waals surface area contributed by atoms with Gasteiger partial charge in [0.1, 0.15) is 17.6 Å². The molecule has 7 heteroatoms. The molecule has 0 aliphatic rings. The van der Waals surface area contributed by atoms with Gasteiger partial charge in [-0.25, -0.2) is 14.8 Å². The van der Waals surface area contributed by atoms with E-state index in [-0.39, 0.29) is 12.1 Å². The van der Waals surface area contributed by atoms with E-state index in [0.29, 0.717) is 11.4 Å². The Bertz CT molecular complexity index is 634. The molecule has 1 aromatic heterocycles. The predicted octanol–water partition coefficient (Wildman–Crippen LogP) is 2.56. The number of carboxylic acids is 1. The van der Waals surface area contributed by atoms with Crippen LogP contribution in [0.2, 0.25) is 0 Å². The Morgan fingerprint density at radius 3 is 3.00 bits per heavy atom. The van der Waals surface area contributed by atoms with Crippen molar-refractivity contribution in [1.82, 2.24) is 9.97 Å². The van der Waals surface area contributed by atoms with Crippen molar-refractivity contribution >= 4 is 27.6 Å². The van der Waals surface area contributed by atoms with Crippen LogP contribution in [0, 0.1) is 0 Å². The topological polar surface area (TPSA) is 84.3 Å². The number of halogens is 1. The second-order valence-corrected chi connectivity index (χ2v) is 4.74. The highest BCUT2D eigenvalue weighted by Crippen LogP contribution is 2.27. The molecule has 0 aliphatic carbocycles. The molecule has 0 bridgehead atoms. The number of benzene rings is 1. The lowest BCUT2D eigenvalue weighted by Crippen LogP contribution is -2.10. The minimum Gasteiger partial charge on any atom is -0.497 e. The van der Waals surface area contributed by atoms with Gasteiger partial charge in [0.25, 0.3) is 0 Å². The van der Waals surface area contributed by atoms with Gasteiger partial charge in [-0.1, -0.05) is 0 Å². The summed E-state index contributed by atoms with van der Waals surface area (Å²) >= 11 is 3.41. The number of nitrogens with one attached hydrogen (secondary N) is 1. The number of carboxylic acid groups (broad SMARTS) is 1. The quantitative estimate of drug-likeness (QED) is 0.872. The maximum atomic E-state index is 11.1. The Kier molecular flexibility index (Phi) is 4.52. The molecule has 0 amide bonds. The minimum atomic E-state index is -1.05. The van der Waals surface area contributed by atoms with E-state index < -0.39 is 5.97 Å². The van der Waals surface area contributed by atoms with Crippen LogP contribution in [0.25, 0.3) is 0 Å². The van der Waals surface area contributed by atoms with E-state index in [0.717, 1.165) is 10.2 Å². The highest BCUT2D eigenvalue weighted by Gasteiger charge is 2.11. The van der Waals surface area contributed by atoms with Crippen LogP contribution in [0.1, 0.15) is 16.1 Å². The molecule has 0 unspecified atom stereocenters. The van der Waals surface area contributed by atoms with Crippen molar-refractivity contribution < 1.29 is 14.6 Å². The van der Waals surface area contributed by atoms with Crippen LogP contribution in [0.4, 0.5) is 5.69 Å². The zero-order valence-corrected chi connectivity index (χ0v) is 12.2. The lowest BCUT2D eigenvalue weighted by molar-refractivity contribution is 0.0694. The van der Waals surface area contributed by atoms with E-state index in [1.807, 2.05) is 18.2 Å². The van der Waals surface area contributed by atoms with Gasteiger partial charge in [-0.15, -0.1) is 0 Å². The van der Waals surface area contributed by atoms with Crippen LogP contribution >= 0.6 is 15.9 Å². The van der Waals surface area contributed by atoms with Crippen molar-refractivity contribution in [2.45, 2.75) is 6.54 Å². The van der Waals surface area contributed by atoms with Crippen molar-refractivity contribution in [1.29, 1.82) is 0 Å². The van der Waals surface area contributed by atoms with E-state index in [1.54, 1.807) is 7.11 Å². The first-order chi connectivity index (χ1) is 9.61. The van der Waals surface area contributed by atoms with Crippen LogP contribution in [-0.2, 0) is 6.54 Å². The largest absolute Gasteiger partial charge is 0.497 e. The predicted molar refractivity (Wildman–Crippen MR) is 77.0 cm³/mol. The van der Waals surface area contributed by atoms with Gasteiger partial charge in [0.2, 0.25) is 0 Å². The van der Waals surface area contributed by atoms with Gasteiger partial charge in [-0.3, -0.25) is 0 Å². The lowest BCUT2D eigenvalue weighted by Gasteiger charge is -2.11. The van der Waals surface area contributed by atoms with Crippen molar-refractivity contribution in [3.05, 3.63) is 46.5 Å². The summed E-state index contributed by atoms with van der Waals surface area (Å²) in [5.41, 5.74) is 1.29. The summed E-state index contributed by atoms with van der Waals surface area (Å²) in [6, 6.07) is 5.48. The highest BCUT2D eigenvalue weighted by atomic mass is 79.9. The number of carbonyl (C=O) groups is 1. The van der Waals surface area contributed by atoms with Crippen LogP contribution in [0.15, 0.2) is 35.2 Å². The van der Waals surface area contributed by atoms with Crippen molar-refractivity contribution in [2.75, 3.05) is 12.4 Å². The van der Waals surface area contributed by atoms with Crippen LogP contribution in [0.5, 0.6) is 5.75 Å². The molecule has 20 heavy (non-hydrogen) atoms. The minimum absolute atomic E-state index is 0.0824. The Morgan fingerprint density at radius 2 is 2.30 bits per heavy atom. The third kappa shape index (κ3) is 3.24. The molecule has 0 spiro atoms. The fourth-order valence-corrected chi connectivity index (χ4v) is 2.01. The number of methoxy groups -OCH3 is 1. The molecule has 2 aromatic rings. The Hall–Kier alpha value is -2.15. The van der Waals surface area contributed by atoms with Crippen molar-refractivity contribution in [3.8, 4) is 5.75 Å². The maximum Gasteiger partial charge on any atom is 0.339 e. The van der Waals surface area contributed by atoms with Crippen LogP contribution in [-0.4, -0.2) is 28.2 Å². The molecular weight excluding hydrogens is 326 g/mol. The normalized spacial score (nSPS) is 10.1. The van der Waals surface area contributed by atoms with Crippen molar-refractivity contribution in [3.63, 3.8) is 0 Å². The molecule has 2 rings (SSSR count). The molecule has 0 aliphatic heterocycles. The number of ether oxygens (including phenoxy) is 1. The summed E-state index contributed by atoms with van der Waals surface area (Å²) < 4.78 is 5.99. The van der Waals surface area contributed by atoms with E-state index in [9.17, 15) is 4.79 Å².